The van der Waals surface area contributed by atoms with Crippen molar-refractivity contribution in [3.63, 3.8) is 0 Å². The first-order valence-electron chi connectivity index (χ1n) is 5.63. The minimum atomic E-state index is 0.422. The van der Waals surface area contributed by atoms with Crippen LogP contribution in [-0.2, 0) is 7.05 Å². The lowest BCUT2D eigenvalue weighted by Gasteiger charge is -2.18. The van der Waals surface area contributed by atoms with Gasteiger partial charge in [0.05, 0.1) is 0 Å². The molecule has 1 atom stereocenters. The number of benzene rings is 1. The summed E-state index contributed by atoms with van der Waals surface area (Å²) in [6.45, 7) is 0.960. The SMILES string of the molecule is CNCC(c1ccccc1)c1cccn1C. The third kappa shape index (κ3) is 2.17. The molecule has 2 nitrogen and oxygen atoms in total. The molecule has 0 saturated heterocycles. The number of nitrogens with one attached hydrogen (secondary N) is 1. The molecule has 1 heterocycles. The van der Waals surface area contributed by atoms with Crippen LogP contribution < -0.4 is 5.32 Å². The Morgan fingerprint density at radius 2 is 1.88 bits per heavy atom. The molecule has 0 fully saturated rings. The predicted octanol–water partition coefficient (Wildman–Crippen LogP) is 2.38. The number of aromatic nitrogens is 1. The van der Waals surface area contributed by atoms with Gasteiger partial charge in [-0.25, -0.2) is 0 Å². The lowest BCUT2D eigenvalue weighted by molar-refractivity contribution is 0.662. The average Bonchev–Trinajstić information content (AvgIpc) is 2.73. The second-order valence-electron chi connectivity index (χ2n) is 4.06. The largest absolute Gasteiger partial charge is 0.354 e. The van der Waals surface area contributed by atoms with E-state index in [-0.39, 0.29) is 0 Å². The molecule has 84 valence electrons. The van der Waals surface area contributed by atoms with E-state index in [9.17, 15) is 0 Å². The van der Waals surface area contributed by atoms with Gasteiger partial charge in [0.1, 0.15) is 0 Å². The van der Waals surface area contributed by atoms with E-state index in [1.807, 2.05) is 7.05 Å². The number of likely N-dealkylation sites (N-methyl/N-ethyl adjacent to an activating group) is 1. The molecule has 0 amide bonds. The van der Waals surface area contributed by atoms with Crippen LogP contribution in [0.15, 0.2) is 48.7 Å². The van der Waals surface area contributed by atoms with E-state index in [0.717, 1.165) is 6.54 Å². The van der Waals surface area contributed by atoms with Crippen molar-refractivity contribution in [2.75, 3.05) is 13.6 Å². The summed E-state index contributed by atoms with van der Waals surface area (Å²) in [5.41, 5.74) is 2.71. The zero-order chi connectivity index (χ0) is 11.4. The van der Waals surface area contributed by atoms with Crippen molar-refractivity contribution in [2.24, 2.45) is 7.05 Å². The summed E-state index contributed by atoms with van der Waals surface area (Å²) in [6, 6.07) is 14.9. The fourth-order valence-corrected chi connectivity index (χ4v) is 2.12. The van der Waals surface area contributed by atoms with Gasteiger partial charge < -0.3 is 9.88 Å². The minimum absolute atomic E-state index is 0.422. The normalized spacial score (nSPS) is 12.6. The molecule has 0 aliphatic carbocycles. The van der Waals surface area contributed by atoms with Crippen molar-refractivity contribution in [1.82, 2.24) is 9.88 Å². The quantitative estimate of drug-likeness (QED) is 0.827. The molecule has 1 aromatic heterocycles. The molecule has 1 aromatic carbocycles. The van der Waals surface area contributed by atoms with Crippen LogP contribution >= 0.6 is 0 Å². The van der Waals surface area contributed by atoms with Crippen LogP contribution in [0.5, 0.6) is 0 Å². The molecule has 16 heavy (non-hydrogen) atoms. The number of nitrogens with zero attached hydrogens (tertiary/aromatic N) is 1. The van der Waals surface area contributed by atoms with E-state index < -0.39 is 0 Å². The monoisotopic (exact) mass is 214 g/mol. The van der Waals surface area contributed by atoms with Crippen LogP contribution in [0.3, 0.4) is 0 Å². The van der Waals surface area contributed by atoms with Gasteiger partial charge in [-0.1, -0.05) is 30.3 Å². The number of aryl methyl sites for hydroxylation is 1. The summed E-state index contributed by atoms with van der Waals surface area (Å²) in [5.74, 6) is 0.422. The fourth-order valence-electron chi connectivity index (χ4n) is 2.12. The molecule has 1 N–H and O–H groups in total. The van der Waals surface area contributed by atoms with Gasteiger partial charge in [-0.05, 0) is 24.7 Å². The molecule has 0 radical (unpaired) electrons. The van der Waals surface area contributed by atoms with Gasteiger partial charge in [0.15, 0.2) is 0 Å². The van der Waals surface area contributed by atoms with Crippen LogP contribution in [0.25, 0.3) is 0 Å². The zero-order valence-electron chi connectivity index (χ0n) is 9.85. The molecular formula is C14H18N2. The van der Waals surface area contributed by atoms with Gasteiger partial charge in [0.2, 0.25) is 0 Å². The third-order valence-corrected chi connectivity index (χ3v) is 2.95. The standard InChI is InChI=1S/C14H18N2/c1-15-11-13(12-7-4-3-5-8-12)14-9-6-10-16(14)2/h3-10,13,15H,11H2,1-2H3. The van der Waals surface area contributed by atoms with Crippen molar-refractivity contribution in [3.05, 3.63) is 59.9 Å². The van der Waals surface area contributed by atoms with Crippen molar-refractivity contribution in [3.8, 4) is 0 Å². The van der Waals surface area contributed by atoms with Gasteiger partial charge in [0, 0.05) is 31.4 Å². The van der Waals surface area contributed by atoms with Gasteiger partial charge >= 0.3 is 0 Å². The second-order valence-corrected chi connectivity index (χ2v) is 4.06. The van der Waals surface area contributed by atoms with Crippen LogP contribution in [-0.4, -0.2) is 18.2 Å². The molecule has 0 aliphatic rings. The van der Waals surface area contributed by atoms with Gasteiger partial charge in [-0.15, -0.1) is 0 Å². The van der Waals surface area contributed by atoms with Gasteiger partial charge in [0.25, 0.3) is 0 Å². The Bertz CT molecular complexity index is 431. The van der Waals surface area contributed by atoms with Crippen LogP contribution in [0, 0.1) is 0 Å². The van der Waals surface area contributed by atoms with E-state index in [0.29, 0.717) is 5.92 Å². The highest BCUT2D eigenvalue weighted by Crippen LogP contribution is 2.23. The summed E-state index contributed by atoms with van der Waals surface area (Å²) in [6.07, 6.45) is 2.10. The summed E-state index contributed by atoms with van der Waals surface area (Å²) < 4.78 is 2.19. The maximum absolute atomic E-state index is 3.27. The number of hydrogen-bond acceptors (Lipinski definition) is 1. The van der Waals surface area contributed by atoms with E-state index in [2.05, 4.69) is 65.6 Å². The van der Waals surface area contributed by atoms with E-state index >= 15 is 0 Å². The maximum atomic E-state index is 3.27. The summed E-state index contributed by atoms with van der Waals surface area (Å²) in [7, 11) is 4.10. The summed E-state index contributed by atoms with van der Waals surface area (Å²) in [4.78, 5) is 0. The molecule has 2 heteroatoms. The van der Waals surface area contributed by atoms with Crippen molar-refractivity contribution in [1.29, 1.82) is 0 Å². The highest BCUT2D eigenvalue weighted by Gasteiger charge is 2.14. The average molecular weight is 214 g/mol. The summed E-state index contributed by atoms with van der Waals surface area (Å²) in [5, 5.41) is 3.27. The zero-order valence-corrected chi connectivity index (χ0v) is 9.85. The summed E-state index contributed by atoms with van der Waals surface area (Å²) >= 11 is 0. The molecule has 0 aliphatic heterocycles. The Kier molecular flexibility index (Phi) is 3.42. The Hall–Kier alpha value is -1.54. The molecule has 1 unspecified atom stereocenters. The Balaban J connectivity index is 2.35. The fraction of sp³-hybridized carbons (Fsp3) is 0.286. The van der Waals surface area contributed by atoms with Gasteiger partial charge in [-0.2, -0.15) is 0 Å². The molecule has 0 spiro atoms. The third-order valence-electron chi connectivity index (χ3n) is 2.95. The van der Waals surface area contributed by atoms with Crippen LogP contribution in [0.4, 0.5) is 0 Å². The highest BCUT2D eigenvalue weighted by molar-refractivity contribution is 5.29. The molecule has 2 rings (SSSR count). The molecule has 2 aromatic rings. The minimum Gasteiger partial charge on any atom is -0.354 e. The lowest BCUT2D eigenvalue weighted by Crippen LogP contribution is -2.20. The number of hydrogen-bond donors (Lipinski definition) is 1. The van der Waals surface area contributed by atoms with Gasteiger partial charge in [-0.3, -0.25) is 0 Å². The van der Waals surface area contributed by atoms with Crippen LogP contribution in [0.1, 0.15) is 17.2 Å². The molecule has 0 bridgehead atoms. The van der Waals surface area contributed by atoms with E-state index in [4.69, 9.17) is 0 Å². The highest BCUT2D eigenvalue weighted by atomic mass is 14.9. The Labute approximate surface area is 96.9 Å². The van der Waals surface area contributed by atoms with Crippen molar-refractivity contribution >= 4 is 0 Å². The maximum Gasteiger partial charge on any atom is 0.0367 e. The van der Waals surface area contributed by atoms with E-state index in [1.54, 1.807) is 0 Å². The Morgan fingerprint density at radius 1 is 1.12 bits per heavy atom. The smallest absolute Gasteiger partial charge is 0.0367 e. The molecule has 0 saturated carbocycles. The van der Waals surface area contributed by atoms with Crippen LogP contribution in [0.2, 0.25) is 0 Å². The first-order chi connectivity index (χ1) is 7.83. The Morgan fingerprint density at radius 3 is 2.44 bits per heavy atom. The predicted molar refractivity (Wildman–Crippen MR) is 67.6 cm³/mol. The van der Waals surface area contributed by atoms with Crippen molar-refractivity contribution < 1.29 is 0 Å². The lowest BCUT2D eigenvalue weighted by atomic mass is 9.95. The topological polar surface area (TPSA) is 17.0 Å². The first kappa shape index (κ1) is 11.0. The van der Waals surface area contributed by atoms with E-state index in [1.165, 1.54) is 11.3 Å². The first-order valence-corrected chi connectivity index (χ1v) is 5.63. The molecular weight excluding hydrogens is 196 g/mol. The second kappa shape index (κ2) is 4.99. The number of rotatable bonds is 4. The van der Waals surface area contributed by atoms with Crippen molar-refractivity contribution in [2.45, 2.75) is 5.92 Å².